The van der Waals surface area contributed by atoms with E-state index in [4.69, 9.17) is 4.42 Å². The number of nitrogens with zero attached hydrogens (tertiary/aromatic N) is 3. The molecule has 1 aliphatic heterocycles. The van der Waals surface area contributed by atoms with Crippen LogP contribution in [-0.2, 0) is 22.7 Å². The lowest BCUT2D eigenvalue weighted by Gasteiger charge is -2.33. The lowest BCUT2D eigenvalue weighted by molar-refractivity contribution is -0.127. The molecule has 1 aliphatic rings. The van der Waals surface area contributed by atoms with Crippen molar-refractivity contribution in [2.75, 3.05) is 4.90 Å². The Balaban J connectivity index is 1.79. The van der Waals surface area contributed by atoms with Crippen molar-refractivity contribution in [2.24, 2.45) is 0 Å². The van der Waals surface area contributed by atoms with E-state index in [1.807, 2.05) is 19.9 Å². The summed E-state index contributed by atoms with van der Waals surface area (Å²) in [6, 6.07) is 4.87. The van der Waals surface area contributed by atoms with Gasteiger partial charge >= 0.3 is 0 Å². The molecule has 2 aromatic heterocycles. The monoisotopic (exact) mass is 316 g/mol. The molecular formula is C16H20N4O3. The Labute approximate surface area is 134 Å². The molecule has 0 saturated heterocycles. The van der Waals surface area contributed by atoms with Crippen LogP contribution in [0.5, 0.6) is 0 Å². The highest BCUT2D eigenvalue weighted by molar-refractivity contribution is 6.00. The number of carbonyl (C=O) groups is 2. The third kappa shape index (κ3) is 2.99. The molecule has 7 nitrogen and oxygen atoms in total. The highest BCUT2D eigenvalue weighted by Crippen LogP contribution is 2.26. The van der Waals surface area contributed by atoms with Gasteiger partial charge in [-0.3, -0.25) is 14.5 Å². The first-order valence-electron chi connectivity index (χ1n) is 7.76. The van der Waals surface area contributed by atoms with Crippen LogP contribution in [0, 0.1) is 6.92 Å². The quantitative estimate of drug-likeness (QED) is 0.909. The van der Waals surface area contributed by atoms with Gasteiger partial charge in [-0.25, -0.2) is 4.68 Å². The van der Waals surface area contributed by atoms with Gasteiger partial charge in [0.1, 0.15) is 17.6 Å². The Morgan fingerprint density at radius 1 is 1.52 bits per heavy atom. The van der Waals surface area contributed by atoms with Crippen LogP contribution in [0.2, 0.25) is 0 Å². The lowest BCUT2D eigenvalue weighted by Crippen LogP contribution is -2.52. The summed E-state index contributed by atoms with van der Waals surface area (Å²) in [6.45, 7) is 4.64. The first-order chi connectivity index (χ1) is 11.1. The Morgan fingerprint density at radius 3 is 3.04 bits per heavy atom. The fraction of sp³-hybridized carbons (Fsp3) is 0.438. The zero-order valence-electron chi connectivity index (χ0n) is 13.3. The van der Waals surface area contributed by atoms with Gasteiger partial charge in [-0.2, -0.15) is 5.10 Å². The minimum absolute atomic E-state index is 0.0441. The van der Waals surface area contributed by atoms with Crippen LogP contribution < -0.4 is 10.2 Å². The van der Waals surface area contributed by atoms with E-state index in [9.17, 15) is 9.59 Å². The summed E-state index contributed by atoms with van der Waals surface area (Å²) in [7, 11) is 0. The van der Waals surface area contributed by atoms with Gasteiger partial charge in [0.25, 0.3) is 0 Å². The van der Waals surface area contributed by atoms with E-state index in [0.717, 1.165) is 5.69 Å². The van der Waals surface area contributed by atoms with Gasteiger partial charge in [-0.15, -0.1) is 0 Å². The standard InChI is InChI=1S/C16H20N4O3/c1-3-13(16(22)17-10-12-5-4-8-23-12)20-14-9-11(2)18-19(14)7-6-15(20)21/h4-5,8-9,13H,3,6-7,10H2,1-2H3,(H,17,22)/t13-/m0/s1. The number of fused-ring (bicyclic) bond motifs is 1. The average Bonchev–Trinajstić information content (AvgIpc) is 3.16. The van der Waals surface area contributed by atoms with Crippen molar-refractivity contribution in [1.29, 1.82) is 0 Å². The number of hydrogen-bond donors (Lipinski definition) is 1. The molecule has 122 valence electrons. The molecular weight excluding hydrogens is 296 g/mol. The van der Waals surface area contributed by atoms with Crippen LogP contribution in [0.3, 0.4) is 0 Å². The molecule has 3 heterocycles. The summed E-state index contributed by atoms with van der Waals surface area (Å²) in [6.07, 6.45) is 2.45. The molecule has 1 atom stereocenters. The molecule has 1 N–H and O–H groups in total. The molecule has 23 heavy (non-hydrogen) atoms. The summed E-state index contributed by atoms with van der Waals surface area (Å²) in [5, 5.41) is 7.21. The zero-order chi connectivity index (χ0) is 16.4. The number of amides is 2. The molecule has 2 amide bonds. The largest absolute Gasteiger partial charge is 0.467 e. The van der Waals surface area contributed by atoms with Gasteiger partial charge in [0.2, 0.25) is 11.8 Å². The van der Waals surface area contributed by atoms with E-state index in [2.05, 4.69) is 10.4 Å². The maximum Gasteiger partial charge on any atom is 0.243 e. The molecule has 3 rings (SSSR count). The number of furan rings is 1. The van der Waals surface area contributed by atoms with E-state index < -0.39 is 6.04 Å². The SMILES string of the molecule is CC[C@@H](C(=O)NCc1ccco1)N1C(=O)CCn2nc(C)cc21. The fourth-order valence-electron chi connectivity index (χ4n) is 2.86. The van der Waals surface area contributed by atoms with E-state index in [1.165, 1.54) is 0 Å². The van der Waals surface area contributed by atoms with Gasteiger partial charge in [0.15, 0.2) is 0 Å². The van der Waals surface area contributed by atoms with Crippen LogP contribution >= 0.6 is 0 Å². The maximum absolute atomic E-state index is 12.6. The second-order valence-electron chi connectivity index (χ2n) is 5.60. The first-order valence-corrected chi connectivity index (χ1v) is 7.76. The third-order valence-electron chi connectivity index (χ3n) is 3.95. The first kappa shape index (κ1) is 15.3. The Hall–Kier alpha value is -2.57. The Bertz CT molecular complexity index is 705. The number of aryl methyl sites for hydroxylation is 2. The number of hydrogen-bond acceptors (Lipinski definition) is 4. The predicted molar refractivity (Wildman–Crippen MR) is 83.7 cm³/mol. The van der Waals surface area contributed by atoms with Crippen LogP contribution in [0.1, 0.15) is 31.2 Å². The highest BCUT2D eigenvalue weighted by atomic mass is 16.3. The average molecular weight is 316 g/mol. The number of rotatable bonds is 5. The van der Waals surface area contributed by atoms with Gasteiger partial charge < -0.3 is 9.73 Å². The molecule has 2 aromatic rings. The minimum atomic E-state index is -0.549. The highest BCUT2D eigenvalue weighted by Gasteiger charge is 2.34. The van der Waals surface area contributed by atoms with Crippen molar-refractivity contribution in [1.82, 2.24) is 15.1 Å². The minimum Gasteiger partial charge on any atom is -0.467 e. The van der Waals surface area contributed by atoms with Crippen molar-refractivity contribution >= 4 is 17.6 Å². The second-order valence-corrected chi connectivity index (χ2v) is 5.60. The Morgan fingerprint density at radius 2 is 2.35 bits per heavy atom. The molecule has 0 bridgehead atoms. The van der Waals surface area contributed by atoms with Gasteiger partial charge in [0, 0.05) is 12.5 Å². The van der Waals surface area contributed by atoms with Crippen LogP contribution in [0.25, 0.3) is 0 Å². The molecule has 0 fully saturated rings. The summed E-state index contributed by atoms with van der Waals surface area (Å²) in [5.41, 5.74) is 0.838. The summed E-state index contributed by atoms with van der Waals surface area (Å²) in [4.78, 5) is 26.5. The van der Waals surface area contributed by atoms with Crippen molar-refractivity contribution in [3.63, 3.8) is 0 Å². The molecule has 0 saturated carbocycles. The van der Waals surface area contributed by atoms with Crippen LogP contribution in [0.15, 0.2) is 28.9 Å². The molecule has 0 aromatic carbocycles. The van der Waals surface area contributed by atoms with Gasteiger partial charge in [-0.1, -0.05) is 6.92 Å². The molecule has 0 radical (unpaired) electrons. The van der Waals surface area contributed by atoms with E-state index in [0.29, 0.717) is 37.5 Å². The normalized spacial score (nSPS) is 15.4. The van der Waals surface area contributed by atoms with E-state index in [-0.39, 0.29) is 11.8 Å². The number of nitrogens with one attached hydrogen (secondary N) is 1. The van der Waals surface area contributed by atoms with Gasteiger partial charge in [-0.05, 0) is 25.5 Å². The van der Waals surface area contributed by atoms with E-state index >= 15 is 0 Å². The fourth-order valence-corrected chi connectivity index (χ4v) is 2.86. The number of anilines is 1. The van der Waals surface area contributed by atoms with Gasteiger partial charge in [0.05, 0.1) is 25.0 Å². The summed E-state index contributed by atoms with van der Waals surface area (Å²) >= 11 is 0. The summed E-state index contributed by atoms with van der Waals surface area (Å²) in [5.74, 6) is 1.14. The number of carbonyl (C=O) groups excluding carboxylic acids is 2. The van der Waals surface area contributed by atoms with Crippen molar-refractivity contribution in [2.45, 2.75) is 45.8 Å². The Kier molecular flexibility index (Phi) is 4.18. The second kappa shape index (κ2) is 6.28. The van der Waals surface area contributed by atoms with E-state index in [1.54, 1.807) is 28.0 Å². The third-order valence-corrected chi connectivity index (χ3v) is 3.95. The molecule has 7 heteroatoms. The van der Waals surface area contributed by atoms with Crippen LogP contribution in [0.4, 0.5) is 5.82 Å². The zero-order valence-corrected chi connectivity index (χ0v) is 13.3. The number of aromatic nitrogens is 2. The molecule has 0 unspecified atom stereocenters. The predicted octanol–water partition coefficient (Wildman–Crippen LogP) is 1.62. The summed E-state index contributed by atoms with van der Waals surface area (Å²) < 4.78 is 7.00. The topological polar surface area (TPSA) is 80.4 Å². The van der Waals surface area contributed by atoms with Crippen molar-refractivity contribution < 1.29 is 14.0 Å². The lowest BCUT2D eigenvalue weighted by atomic mass is 10.1. The van der Waals surface area contributed by atoms with Crippen LogP contribution in [-0.4, -0.2) is 27.6 Å². The van der Waals surface area contributed by atoms with Crippen molar-refractivity contribution in [3.8, 4) is 0 Å². The smallest absolute Gasteiger partial charge is 0.243 e. The van der Waals surface area contributed by atoms with Crippen molar-refractivity contribution in [3.05, 3.63) is 35.9 Å². The molecule has 0 spiro atoms. The maximum atomic E-state index is 12.6. The molecule has 0 aliphatic carbocycles.